The van der Waals surface area contributed by atoms with Gasteiger partial charge in [0.2, 0.25) is 0 Å². The third-order valence-electron chi connectivity index (χ3n) is 4.05. The Morgan fingerprint density at radius 3 is 2.94 bits per heavy atom. The quantitative estimate of drug-likeness (QED) is 0.885. The summed E-state index contributed by atoms with van der Waals surface area (Å²) in [5.74, 6) is 1.19. The van der Waals surface area contributed by atoms with Crippen LogP contribution >= 0.6 is 15.9 Å². The summed E-state index contributed by atoms with van der Waals surface area (Å²) in [6.07, 6.45) is 5.80. The first-order valence-corrected chi connectivity index (χ1v) is 7.55. The highest BCUT2D eigenvalue weighted by Gasteiger charge is 2.24. The van der Waals surface area contributed by atoms with Gasteiger partial charge in [-0.2, -0.15) is 0 Å². The normalized spacial score (nSPS) is 26.0. The third kappa shape index (κ3) is 3.55. The topological polar surface area (TPSA) is 26.0 Å². The molecule has 0 aromatic heterocycles. The van der Waals surface area contributed by atoms with E-state index in [0.717, 1.165) is 22.4 Å². The first kappa shape index (κ1) is 14.0. The van der Waals surface area contributed by atoms with Gasteiger partial charge in [-0.15, -0.1) is 0 Å². The molecule has 2 N–H and O–H groups in total. The minimum atomic E-state index is -0.183. The molecule has 3 unspecified atom stereocenters. The lowest BCUT2D eigenvalue weighted by Gasteiger charge is -2.31. The van der Waals surface area contributed by atoms with E-state index in [1.54, 1.807) is 12.1 Å². The van der Waals surface area contributed by atoms with E-state index in [4.69, 9.17) is 5.73 Å². The molecule has 0 aliphatic heterocycles. The van der Waals surface area contributed by atoms with Gasteiger partial charge < -0.3 is 5.73 Å². The van der Waals surface area contributed by atoms with Crippen LogP contribution in [0.2, 0.25) is 0 Å². The van der Waals surface area contributed by atoms with Crippen molar-refractivity contribution in [2.24, 2.45) is 17.6 Å². The molecule has 0 bridgehead atoms. The molecule has 3 heteroatoms. The molecule has 1 fully saturated rings. The molecule has 100 valence electrons. The van der Waals surface area contributed by atoms with Crippen LogP contribution in [0.3, 0.4) is 0 Å². The van der Waals surface area contributed by atoms with Crippen molar-refractivity contribution in [1.82, 2.24) is 0 Å². The average Bonchev–Trinajstić information content (AvgIpc) is 2.34. The summed E-state index contributed by atoms with van der Waals surface area (Å²) >= 11 is 3.47. The fourth-order valence-electron chi connectivity index (χ4n) is 2.99. The summed E-state index contributed by atoms with van der Waals surface area (Å²) in [4.78, 5) is 0. The van der Waals surface area contributed by atoms with E-state index in [2.05, 4.69) is 22.9 Å². The predicted octanol–water partition coefficient (Wildman–Crippen LogP) is 4.28. The summed E-state index contributed by atoms with van der Waals surface area (Å²) < 4.78 is 14.2. The summed E-state index contributed by atoms with van der Waals surface area (Å²) in [7, 11) is 0. The second kappa shape index (κ2) is 6.16. The number of rotatable bonds is 3. The number of halogens is 2. The van der Waals surface area contributed by atoms with Gasteiger partial charge in [0, 0.05) is 10.5 Å². The maximum absolute atomic E-state index is 13.2. The highest BCUT2D eigenvalue weighted by atomic mass is 79.9. The Bertz CT molecular complexity index is 407. The predicted molar refractivity (Wildman–Crippen MR) is 76.9 cm³/mol. The Balaban J connectivity index is 2.01. The Morgan fingerprint density at radius 2 is 2.22 bits per heavy atom. The SMILES string of the molecule is CC1CCCC(C(N)Cc2cc(F)ccc2Br)C1. The van der Waals surface area contributed by atoms with Gasteiger partial charge in [-0.3, -0.25) is 0 Å². The Labute approximate surface area is 117 Å². The fourth-order valence-corrected chi connectivity index (χ4v) is 3.40. The monoisotopic (exact) mass is 313 g/mol. The lowest BCUT2D eigenvalue weighted by molar-refractivity contribution is 0.245. The largest absolute Gasteiger partial charge is 0.327 e. The minimum absolute atomic E-state index is 0.144. The van der Waals surface area contributed by atoms with E-state index in [9.17, 15) is 4.39 Å². The molecule has 1 aliphatic rings. The van der Waals surface area contributed by atoms with Crippen molar-refractivity contribution in [2.45, 2.75) is 45.1 Å². The molecule has 1 saturated carbocycles. The van der Waals surface area contributed by atoms with Crippen molar-refractivity contribution in [1.29, 1.82) is 0 Å². The van der Waals surface area contributed by atoms with Crippen LogP contribution in [0.25, 0.3) is 0 Å². The van der Waals surface area contributed by atoms with Crippen LogP contribution in [0.5, 0.6) is 0 Å². The van der Waals surface area contributed by atoms with E-state index in [0.29, 0.717) is 5.92 Å². The van der Waals surface area contributed by atoms with Crippen molar-refractivity contribution in [3.63, 3.8) is 0 Å². The average molecular weight is 314 g/mol. The van der Waals surface area contributed by atoms with Gasteiger partial charge in [-0.25, -0.2) is 4.39 Å². The van der Waals surface area contributed by atoms with Gasteiger partial charge in [0.25, 0.3) is 0 Å². The van der Waals surface area contributed by atoms with Gasteiger partial charge in [-0.05, 0) is 54.9 Å². The Hall–Kier alpha value is -0.410. The lowest BCUT2D eigenvalue weighted by atomic mass is 9.77. The summed E-state index contributed by atoms with van der Waals surface area (Å²) in [6, 6.07) is 4.98. The van der Waals surface area contributed by atoms with Crippen molar-refractivity contribution in [3.05, 3.63) is 34.1 Å². The molecule has 0 amide bonds. The molecule has 0 saturated heterocycles. The van der Waals surface area contributed by atoms with E-state index in [1.165, 1.54) is 31.7 Å². The first-order valence-electron chi connectivity index (χ1n) is 6.75. The molecule has 0 heterocycles. The van der Waals surface area contributed by atoms with Gasteiger partial charge in [-0.1, -0.05) is 35.7 Å². The number of hydrogen-bond donors (Lipinski definition) is 1. The summed E-state index contributed by atoms with van der Waals surface area (Å²) in [5.41, 5.74) is 7.31. The molecule has 1 aliphatic carbocycles. The zero-order valence-corrected chi connectivity index (χ0v) is 12.4. The van der Waals surface area contributed by atoms with Crippen LogP contribution in [-0.2, 0) is 6.42 Å². The molecule has 18 heavy (non-hydrogen) atoms. The van der Waals surface area contributed by atoms with E-state index < -0.39 is 0 Å². The van der Waals surface area contributed by atoms with Crippen molar-refractivity contribution in [2.75, 3.05) is 0 Å². The van der Waals surface area contributed by atoms with E-state index in [-0.39, 0.29) is 11.9 Å². The molecular weight excluding hydrogens is 293 g/mol. The molecular formula is C15H21BrFN. The number of benzene rings is 1. The van der Waals surface area contributed by atoms with Crippen LogP contribution in [0.4, 0.5) is 4.39 Å². The zero-order valence-electron chi connectivity index (χ0n) is 10.8. The number of nitrogens with two attached hydrogens (primary N) is 1. The van der Waals surface area contributed by atoms with Crippen LogP contribution in [0.15, 0.2) is 22.7 Å². The molecule has 2 rings (SSSR count). The maximum Gasteiger partial charge on any atom is 0.123 e. The smallest absolute Gasteiger partial charge is 0.123 e. The zero-order chi connectivity index (χ0) is 13.1. The van der Waals surface area contributed by atoms with Crippen molar-refractivity contribution in [3.8, 4) is 0 Å². The van der Waals surface area contributed by atoms with Crippen LogP contribution in [0.1, 0.15) is 38.2 Å². The van der Waals surface area contributed by atoms with Gasteiger partial charge in [0.05, 0.1) is 0 Å². The molecule has 1 nitrogen and oxygen atoms in total. The Morgan fingerprint density at radius 1 is 1.44 bits per heavy atom. The molecule has 1 aromatic carbocycles. The van der Waals surface area contributed by atoms with Gasteiger partial charge in [0.1, 0.15) is 5.82 Å². The first-order chi connectivity index (χ1) is 8.56. The summed E-state index contributed by atoms with van der Waals surface area (Å²) in [6.45, 7) is 2.30. The van der Waals surface area contributed by atoms with Crippen LogP contribution in [-0.4, -0.2) is 6.04 Å². The Kier molecular flexibility index (Phi) is 4.79. The standard InChI is InChI=1S/C15H21BrFN/c1-10-3-2-4-11(7-10)15(18)9-12-8-13(17)5-6-14(12)16/h5-6,8,10-11,15H,2-4,7,9,18H2,1H3. The molecule has 1 aromatic rings. The van der Waals surface area contributed by atoms with Crippen molar-refractivity contribution >= 4 is 15.9 Å². The second-order valence-corrected chi connectivity index (χ2v) is 6.49. The van der Waals surface area contributed by atoms with Crippen molar-refractivity contribution < 1.29 is 4.39 Å². The minimum Gasteiger partial charge on any atom is -0.327 e. The molecule has 0 radical (unpaired) electrons. The summed E-state index contributed by atoms with van der Waals surface area (Å²) in [5, 5.41) is 0. The van der Waals surface area contributed by atoms with Crippen LogP contribution < -0.4 is 5.73 Å². The number of hydrogen-bond acceptors (Lipinski definition) is 1. The fraction of sp³-hybridized carbons (Fsp3) is 0.600. The van der Waals surface area contributed by atoms with Gasteiger partial charge in [0.15, 0.2) is 0 Å². The molecule has 3 atom stereocenters. The third-order valence-corrected chi connectivity index (χ3v) is 4.82. The highest BCUT2D eigenvalue weighted by Crippen LogP contribution is 2.32. The van der Waals surface area contributed by atoms with Crippen LogP contribution in [0, 0.1) is 17.7 Å². The van der Waals surface area contributed by atoms with Gasteiger partial charge >= 0.3 is 0 Å². The molecule has 0 spiro atoms. The highest BCUT2D eigenvalue weighted by molar-refractivity contribution is 9.10. The maximum atomic E-state index is 13.2. The second-order valence-electron chi connectivity index (χ2n) is 5.64. The lowest BCUT2D eigenvalue weighted by Crippen LogP contribution is -2.35. The van der Waals surface area contributed by atoms with E-state index >= 15 is 0 Å². The van der Waals surface area contributed by atoms with E-state index in [1.807, 2.05) is 0 Å².